The summed E-state index contributed by atoms with van der Waals surface area (Å²) in [4.78, 5) is 0. The van der Waals surface area contributed by atoms with Gasteiger partial charge in [-0.15, -0.1) is 46.7 Å². The first-order valence-corrected chi connectivity index (χ1v) is 17.0. The van der Waals surface area contributed by atoms with Gasteiger partial charge in [0, 0.05) is 10.8 Å². The number of benzene rings is 4. The first kappa shape index (κ1) is 37.7. The summed E-state index contributed by atoms with van der Waals surface area (Å²) in [5, 5.41) is 5.53. The minimum Gasteiger partial charge on any atom is -1.00 e. The second-order valence-corrected chi connectivity index (χ2v) is 14.9. The van der Waals surface area contributed by atoms with Gasteiger partial charge >= 0.3 is 108 Å². The van der Waals surface area contributed by atoms with Crippen LogP contribution in [0.1, 0.15) is 74.9 Å². The number of hydrogen-bond acceptors (Lipinski definition) is 0. The van der Waals surface area contributed by atoms with E-state index in [2.05, 4.69) is 108 Å². The zero-order valence-corrected chi connectivity index (χ0v) is 32.0. The summed E-state index contributed by atoms with van der Waals surface area (Å²) >= 11 is 1.22. The molecule has 3 aliphatic carbocycles. The predicted octanol–water partition coefficient (Wildman–Crippen LogP) is 5.35. The van der Waals surface area contributed by atoms with Gasteiger partial charge in [0.25, 0.3) is 0 Å². The third-order valence-corrected chi connectivity index (χ3v) is 10.6. The van der Waals surface area contributed by atoms with Crippen molar-refractivity contribution in [3.8, 4) is 0 Å². The van der Waals surface area contributed by atoms with Crippen LogP contribution in [-0.4, -0.2) is 3.21 Å². The minimum absolute atomic E-state index is 0. The summed E-state index contributed by atoms with van der Waals surface area (Å²) in [6.45, 7) is 13.4. The molecule has 0 saturated heterocycles. The summed E-state index contributed by atoms with van der Waals surface area (Å²) < 4.78 is 26.6. The smallest absolute Gasteiger partial charge is 1.00 e. The summed E-state index contributed by atoms with van der Waals surface area (Å²) in [7, 11) is 0. The van der Waals surface area contributed by atoms with E-state index in [9.17, 15) is 8.78 Å². The Morgan fingerprint density at radius 1 is 0.708 bits per heavy atom. The Labute approximate surface area is 310 Å². The number of rotatable bonds is 2. The number of halogens is 4. The second kappa shape index (κ2) is 14.8. The summed E-state index contributed by atoms with van der Waals surface area (Å²) in [6, 6.07) is 24.6. The molecule has 0 radical (unpaired) electrons. The molecule has 0 saturated carbocycles. The van der Waals surface area contributed by atoms with Gasteiger partial charge in [-0.1, -0.05) is 88.1 Å². The van der Waals surface area contributed by atoms with Gasteiger partial charge in [0.1, 0.15) is 0 Å². The van der Waals surface area contributed by atoms with Gasteiger partial charge in [-0.05, 0) is 11.1 Å². The molecule has 0 heterocycles. The fourth-order valence-electron chi connectivity index (χ4n) is 6.46. The molecule has 0 aliphatic heterocycles. The molecule has 0 N–H and O–H groups in total. The molecule has 0 amide bonds. The van der Waals surface area contributed by atoms with Crippen molar-refractivity contribution in [2.75, 3.05) is 0 Å². The minimum atomic E-state index is -0.244. The van der Waals surface area contributed by atoms with Gasteiger partial charge in [0.15, 0.2) is 0 Å². The van der Waals surface area contributed by atoms with Crippen LogP contribution in [0.3, 0.4) is 0 Å². The van der Waals surface area contributed by atoms with Crippen molar-refractivity contribution in [3.63, 3.8) is 0 Å². The first-order valence-electron chi connectivity index (χ1n) is 15.8. The summed E-state index contributed by atoms with van der Waals surface area (Å²) in [5.41, 5.74) is 9.27. The molecule has 3 aliphatic rings. The molecular formula is C43H38Cl2F2Zr-2. The van der Waals surface area contributed by atoms with Crippen LogP contribution >= 0.6 is 0 Å². The van der Waals surface area contributed by atoms with E-state index in [1.807, 2.05) is 6.08 Å². The van der Waals surface area contributed by atoms with Gasteiger partial charge in [0.2, 0.25) is 0 Å². The maximum atomic E-state index is 12.8. The number of allylic oxidation sites excluding steroid dienone is 6. The van der Waals surface area contributed by atoms with Crippen LogP contribution < -0.4 is 24.8 Å². The van der Waals surface area contributed by atoms with Crippen LogP contribution in [0.15, 0.2) is 109 Å². The molecular weight excluding hydrogens is 717 g/mol. The molecule has 8 rings (SSSR count). The fourth-order valence-corrected chi connectivity index (χ4v) is 7.28. The Morgan fingerprint density at radius 3 is 1.46 bits per heavy atom. The topological polar surface area (TPSA) is 0 Å². The van der Waals surface area contributed by atoms with Crippen LogP contribution in [0.2, 0.25) is 0 Å². The Bertz CT molecular complexity index is 1960. The maximum Gasteiger partial charge on any atom is -1.00 e. The molecule has 1 unspecified atom stereocenters. The third-order valence-electron chi connectivity index (χ3n) is 9.14. The summed E-state index contributed by atoms with van der Waals surface area (Å²) in [6.07, 6.45) is 16.6. The Kier molecular flexibility index (Phi) is 11.6. The monoisotopic (exact) mass is 752 g/mol. The molecule has 0 spiro atoms. The van der Waals surface area contributed by atoms with Crippen LogP contribution in [-0.2, 0) is 35.1 Å². The molecule has 5 heteroatoms. The second-order valence-electron chi connectivity index (χ2n) is 13.7. The van der Waals surface area contributed by atoms with Gasteiger partial charge in [0.05, 0.1) is 0 Å². The molecule has 0 nitrogen and oxygen atoms in total. The van der Waals surface area contributed by atoms with E-state index in [-0.39, 0.29) is 47.3 Å². The SMILES string of the molecule is CC1(C)C=Cc2cc3c(cc21)[cH-]c1cc2c(cc13)C=CC2(C)C.CC1=CC(C)[C-]=C1.Fc1ccc([C](=[Zr+2])c2ccc(F)cc2)cc1.[Cl-].[Cl-]. The Balaban J connectivity index is 0.000000182. The standard InChI is InChI=1S/C23H21.C13H8F2.C7H9.2ClH.Zr/c1-22(2)7-5-14-10-18-16(12-20(14)22)9-17-13-21-15(11-19(17)18)6-8-23(21,3)4;14-12-5-1-10(2-6-12)9-11-3-7-13(15)8-4-11;1-6-3-4-7(2)5-6;;;/h5-13H,1-4H3;1-8H;3,5,7H,1-2H3;2*1H;/q-1;;-1;;;+2/p-2. The van der Waals surface area contributed by atoms with Gasteiger partial charge in [-0.25, -0.2) is 11.6 Å². The van der Waals surface area contributed by atoms with Crippen molar-refractivity contribution in [3.05, 3.63) is 160 Å². The van der Waals surface area contributed by atoms with Crippen molar-refractivity contribution in [2.45, 2.75) is 52.4 Å². The van der Waals surface area contributed by atoms with Crippen molar-refractivity contribution in [1.29, 1.82) is 0 Å². The Morgan fingerprint density at radius 2 is 1.12 bits per heavy atom. The van der Waals surface area contributed by atoms with Crippen molar-refractivity contribution in [2.24, 2.45) is 5.92 Å². The molecule has 48 heavy (non-hydrogen) atoms. The third kappa shape index (κ3) is 7.86. The maximum absolute atomic E-state index is 12.8. The fraction of sp³-hybridized carbons (Fsp3) is 0.209. The van der Waals surface area contributed by atoms with E-state index < -0.39 is 0 Å². The molecule has 0 fully saturated rings. The predicted molar refractivity (Wildman–Crippen MR) is 188 cm³/mol. The van der Waals surface area contributed by atoms with Gasteiger partial charge < -0.3 is 24.8 Å². The molecule has 0 aromatic heterocycles. The number of hydrogen-bond donors (Lipinski definition) is 0. The van der Waals surface area contributed by atoms with Gasteiger partial charge in [-0.3, -0.25) is 6.08 Å². The largest absolute Gasteiger partial charge is 1.00 e. The average Bonchev–Trinajstić information content (AvgIpc) is 3.75. The van der Waals surface area contributed by atoms with E-state index in [0.717, 1.165) is 14.3 Å². The summed E-state index contributed by atoms with van der Waals surface area (Å²) in [5.74, 6) is 0.0675. The molecule has 5 aromatic rings. The zero-order valence-electron chi connectivity index (χ0n) is 28.1. The van der Waals surface area contributed by atoms with E-state index in [0.29, 0.717) is 5.92 Å². The normalized spacial score (nSPS) is 17.0. The van der Waals surface area contributed by atoms with Crippen molar-refractivity contribution < 1.29 is 57.8 Å². The van der Waals surface area contributed by atoms with E-state index in [1.54, 1.807) is 24.3 Å². The number of fused-ring (bicyclic) bond motifs is 5. The molecule has 5 aromatic carbocycles. The Hall–Kier alpha value is -3.10. The van der Waals surface area contributed by atoms with Crippen LogP contribution in [0.25, 0.3) is 33.7 Å². The average molecular weight is 755 g/mol. The quantitative estimate of drug-likeness (QED) is 0.214. The molecule has 0 bridgehead atoms. The van der Waals surface area contributed by atoms with Crippen molar-refractivity contribution >= 4 is 36.9 Å². The van der Waals surface area contributed by atoms with E-state index in [4.69, 9.17) is 0 Å². The zero-order chi connectivity index (χ0) is 32.8. The van der Waals surface area contributed by atoms with Crippen LogP contribution in [0.4, 0.5) is 8.78 Å². The van der Waals surface area contributed by atoms with Crippen LogP contribution in [0, 0.1) is 23.6 Å². The van der Waals surface area contributed by atoms with Crippen LogP contribution in [0.5, 0.6) is 0 Å². The molecule has 244 valence electrons. The molecule has 1 atom stereocenters. The van der Waals surface area contributed by atoms with E-state index >= 15 is 0 Å². The first-order chi connectivity index (χ1) is 21.8. The van der Waals surface area contributed by atoms with E-state index in [1.165, 1.54) is 97.9 Å². The van der Waals surface area contributed by atoms with Crippen molar-refractivity contribution in [1.82, 2.24) is 0 Å². The van der Waals surface area contributed by atoms with Gasteiger partial charge in [-0.2, -0.15) is 6.08 Å².